The lowest BCUT2D eigenvalue weighted by atomic mass is 9.97. The van der Waals surface area contributed by atoms with E-state index in [-0.39, 0.29) is 5.56 Å². The molecule has 1 aromatic heterocycles. The Morgan fingerprint density at radius 1 is 1.19 bits per heavy atom. The van der Waals surface area contributed by atoms with Crippen molar-refractivity contribution in [2.24, 2.45) is 0 Å². The van der Waals surface area contributed by atoms with E-state index in [0.29, 0.717) is 0 Å². The molecule has 1 N–H and O–H groups in total. The molecule has 21 heavy (non-hydrogen) atoms. The second-order valence-electron chi connectivity index (χ2n) is 4.52. The number of halogens is 5. The zero-order valence-corrected chi connectivity index (χ0v) is 13.6. The maximum atomic E-state index is 14.0. The van der Waals surface area contributed by atoms with Crippen molar-refractivity contribution >= 4 is 27.3 Å². The minimum absolute atomic E-state index is 0.0132. The zero-order chi connectivity index (χ0) is 15.8. The normalized spacial score (nSPS) is 13.5. The standard InChI is InChI=1S/C14H12BrF4NS/c1-7-9(6-12(15)21-7)13(20-2)10-5-8(14(17,18)19)3-4-11(10)16/h3-6,13,20H,1-2H3. The fraction of sp³-hybridized carbons (Fsp3) is 0.286. The van der Waals surface area contributed by atoms with E-state index in [1.54, 1.807) is 13.1 Å². The van der Waals surface area contributed by atoms with Gasteiger partial charge < -0.3 is 5.32 Å². The lowest BCUT2D eigenvalue weighted by Gasteiger charge is -2.19. The van der Waals surface area contributed by atoms with Crippen LogP contribution in [0.3, 0.4) is 0 Å². The molecule has 1 heterocycles. The summed E-state index contributed by atoms with van der Waals surface area (Å²) in [6.07, 6.45) is -4.50. The smallest absolute Gasteiger partial charge is 0.309 e. The highest BCUT2D eigenvalue weighted by Crippen LogP contribution is 2.37. The van der Waals surface area contributed by atoms with Gasteiger partial charge in [0.1, 0.15) is 5.82 Å². The van der Waals surface area contributed by atoms with Crippen LogP contribution in [0.4, 0.5) is 17.6 Å². The monoisotopic (exact) mass is 381 g/mol. The summed E-state index contributed by atoms with van der Waals surface area (Å²) >= 11 is 4.79. The summed E-state index contributed by atoms with van der Waals surface area (Å²) in [5.41, 5.74) is -0.112. The molecule has 0 aliphatic heterocycles. The SMILES string of the molecule is CNC(c1cc(C(F)(F)F)ccc1F)c1cc(Br)sc1C. The molecule has 1 nitrogen and oxygen atoms in total. The quantitative estimate of drug-likeness (QED) is 0.712. The van der Waals surface area contributed by atoms with Gasteiger partial charge in [0.2, 0.25) is 0 Å². The fourth-order valence-electron chi connectivity index (χ4n) is 2.16. The highest BCUT2D eigenvalue weighted by Gasteiger charge is 2.32. The molecule has 0 aliphatic rings. The van der Waals surface area contributed by atoms with Gasteiger partial charge in [0.25, 0.3) is 0 Å². The van der Waals surface area contributed by atoms with Gasteiger partial charge in [0.05, 0.1) is 15.4 Å². The van der Waals surface area contributed by atoms with E-state index >= 15 is 0 Å². The first-order valence-electron chi connectivity index (χ1n) is 6.03. The van der Waals surface area contributed by atoms with Gasteiger partial charge in [-0.05, 0) is 59.7 Å². The van der Waals surface area contributed by atoms with Crippen molar-refractivity contribution in [3.8, 4) is 0 Å². The number of hydrogen-bond donors (Lipinski definition) is 1. The van der Waals surface area contributed by atoms with Crippen molar-refractivity contribution in [2.45, 2.75) is 19.1 Å². The van der Waals surface area contributed by atoms with E-state index in [4.69, 9.17) is 0 Å². The number of nitrogens with one attached hydrogen (secondary N) is 1. The number of alkyl halides is 3. The molecule has 0 bridgehead atoms. The van der Waals surface area contributed by atoms with E-state index in [2.05, 4.69) is 21.2 Å². The molecule has 1 atom stereocenters. The second-order valence-corrected chi connectivity index (χ2v) is 7.15. The average Bonchev–Trinajstić information content (AvgIpc) is 2.70. The molecule has 0 saturated carbocycles. The third kappa shape index (κ3) is 3.46. The van der Waals surface area contributed by atoms with Crippen molar-refractivity contribution in [3.63, 3.8) is 0 Å². The molecule has 1 aromatic carbocycles. The van der Waals surface area contributed by atoms with Crippen LogP contribution in [-0.2, 0) is 6.18 Å². The van der Waals surface area contributed by atoms with E-state index in [1.165, 1.54) is 11.3 Å². The van der Waals surface area contributed by atoms with E-state index in [0.717, 1.165) is 32.4 Å². The first-order chi connectivity index (χ1) is 9.74. The summed E-state index contributed by atoms with van der Waals surface area (Å²) in [6, 6.07) is 3.64. The van der Waals surface area contributed by atoms with Crippen LogP contribution in [-0.4, -0.2) is 7.05 Å². The van der Waals surface area contributed by atoms with Crippen LogP contribution in [0, 0.1) is 12.7 Å². The Kier molecular flexibility index (Phi) is 4.75. The van der Waals surface area contributed by atoms with Gasteiger partial charge in [0.15, 0.2) is 0 Å². The van der Waals surface area contributed by atoms with Gasteiger partial charge in [-0.15, -0.1) is 11.3 Å². The Morgan fingerprint density at radius 2 is 1.86 bits per heavy atom. The Hall–Kier alpha value is -0.920. The molecule has 1 unspecified atom stereocenters. The third-order valence-electron chi connectivity index (χ3n) is 3.16. The molecule has 114 valence electrons. The first-order valence-corrected chi connectivity index (χ1v) is 7.64. The minimum Gasteiger partial charge on any atom is -0.309 e. The number of hydrogen-bond acceptors (Lipinski definition) is 2. The van der Waals surface area contributed by atoms with Crippen molar-refractivity contribution in [1.29, 1.82) is 0 Å². The van der Waals surface area contributed by atoms with Gasteiger partial charge in [-0.3, -0.25) is 0 Å². The average molecular weight is 382 g/mol. The maximum absolute atomic E-state index is 14.0. The van der Waals surface area contributed by atoms with Crippen molar-refractivity contribution in [1.82, 2.24) is 5.32 Å². The topological polar surface area (TPSA) is 12.0 Å². The van der Waals surface area contributed by atoms with E-state index < -0.39 is 23.6 Å². The molecular weight excluding hydrogens is 370 g/mol. The first kappa shape index (κ1) is 16.5. The molecule has 7 heteroatoms. The highest BCUT2D eigenvalue weighted by molar-refractivity contribution is 9.11. The third-order valence-corrected chi connectivity index (χ3v) is 4.73. The molecule has 0 radical (unpaired) electrons. The predicted molar refractivity (Wildman–Crippen MR) is 79.1 cm³/mol. The van der Waals surface area contributed by atoms with Crippen LogP contribution in [0.5, 0.6) is 0 Å². The largest absolute Gasteiger partial charge is 0.416 e. The zero-order valence-electron chi connectivity index (χ0n) is 11.2. The Bertz CT molecular complexity index is 651. The van der Waals surface area contributed by atoms with Crippen LogP contribution in [0.2, 0.25) is 0 Å². The summed E-state index contributed by atoms with van der Waals surface area (Å²) < 4.78 is 53.3. The Morgan fingerprint density at radius 3 is 2.33 bits per heavy atom. The molecule has 0 spiro atoms. The Labute approximate surface area is 132 Å². The van der Waals surface area contributed by atoms with Crippen LogP contribution in [0.15, 0.2) is 28.1 Å². The molecule has 2 aromatic rings. The molecule has 0 saturated heterocycles. The number of thiophene rings is 1. The van der Waals surface area contributed by atoms with Gasteiger partial charge in [0, 0.05) is 10.4 Å². The molecule has 0 aliphatic carbocycles. The highest BCUT2D eigenvalue weighted by atomic mass is 79.9. The predicted octanol–water partition coefficient (Wildman–Crippen LogP) is 5.29. The van der Waals surface area contributed by atoms with Crippen molar-refractivity contribution in [2.75, 3.05) is 7.05 Å². The van der Waals surface area contributed by atoms with Crippen molar-refractivity contribution in [3.05, 3.63) is 55.4 Å². The van der Waals surface area contributed by atoms with Crippen LogP contribution < -0.4 is 5.32 Å². The lowest BCUT2D eigenvalue weighted by molar-refractivity contribution is -0.137. The number of benzene rings is 1. The molecule has 0 fully saturated rings. The van der Waals surface area contributed by atoms with Crippen LogP contribution >= 0.6 is 27.3 Å². The minimum atomic E-state index is -4.50. The van der Waals surface area contributed by atoms with Gasteiger partial charge in [-0.2, -0.15) is 13.2 Å². The summed E-state index contributed by atoms with van der Waals surface area (Å²) in [6.45, 7) is 1.85. The molecule has 0 amide bonds. The second kappa shape index (κ2) is 6.06. The summed E-state index contributed by atoms with van der Waals surface area (Å²) in [5, 5.41) is 2.89. The summed E-state index contributed by atoms with van der Waals surface area (Å²) in [7, 11) is 1.59. The van der Waals surface area contributed by atoms with Gasteiger partial charge in [-0.25, -0.2) is 4.39 Å². The van der Waals surface area contributed by atoms with E-state index in [1.807, 2.05) is 6.92 Å². The van der Waals surface area contributed by atoms with Crippen LogP contribution in [0.25, 0.3) is 0 Å². The number of rotatable bonds is 3. The fourth-order valence-corrected chi connectivity index (χ4v) is 3.91. The van der Waals surface area contributed by atoms with Gasteiger partial charge >= 0.3 is 6.18 Å². The Balaban J connectivity index is 2.54. The van der Waals surface area contributed by atoms with Gasteiger partial charge in [-0.1, -0.05) is 0 Å². The lowest BCUT2D eigenvalue weighted by Crippen LogP contribution is -2.20. The van der Waals surface area contributed by atoms with Crippen LogP contribution in [0.1, 0.15) is 27.6 Å². The summed E-state index contributed by atoms with van der Waals surface area (Å²) in [5.74, 6) is -0.663. The molecular formula is C14H12BrF4NS. The molecule has 2 rings (SSSR count). The summed E-state index contributed by atoms with van der Waals surface area (Å²) in [4.78, 5) is 0.915. The van der Waals surface area contributed by atoms with Crippen molar-refractivity contribution < 1.29 is 17.6 Å². The number of aryl methyl sites for hydroxylation is 1. The maximum Gasteiger partial charge on any atom is 0.416 e. The van der Waals surface area contributed by atoms with E-state index in [9.17, 15) is 17.6 Å².